The van der Waals surface area contributed by atoms with E-state index in [1.807, 2.05) is 0 Å². The molecular weight excluding hydrogens is 426 g/mol. The molecule has 1 amide bonds. The van der Waals surface area contributed by atoms with Crippen molar-refractivity contribution in [2.24, 2.45) is 0 Å². The number of nitrogens with zero attached hydrogens (tertiary/aromatic N) is 2. The second kappa shape index (κ2) is 10.3. The van der Waals surface area contributed by atoms with Crippen molar-refractivity contribution in [2.45, 2.75) is 70.1 Å². The van der Waals surface area contributed by atoms with Crippen molar-refractivity contribution in [3.05, 3.63) is 24.3 Å². The number of hydrogen-bond acceptors (Lipinski definition) is 8. The van der Waals surface area contributed by atoms with Crippen LogP contribution in [0.4, 0.5) is 5.69 Å². The molecule has 0 bridgehead atoms. The van der Waals surface area contributed by atoms with Gasteiger partial charge in [-0.25, -0.2) is 13.3 Å². The fourth-order valence-electron chi connectivity index (χ4n) is 3.12. The van der Waals surface area contributed by atoms with Crippen LogP contribution >= 0.6 is 0 Å². The lowest BCUT2D eigenvalue weighted by molar-refractivity contribution is -0.199. The van der Waals surface area contributed by atoms with Gasteiger partial charge in [0.05, 0.1) is 23.6 Å². The molecule has 0 saturated carbocycles. The molecule has 0 radical (unpaired) electrons. The third-order valence-corrected chi connectivity index (χ3v) is 6.18. The van der Waals surface area contributed by atoms with Gasteiger partial charge in [0, 0.05) is 18.8 Å². The Kier molecular flexibility index (Phi) is 9.15. The van der Waals surface area contributed by atoms with Crippen molar-refractivity contribution in [3.8, 4) is 0 Å². The van der Waals surface area contributed by atoms with Gasteiger partial charge in [-0.1, -0.05) is 0 Å². The Hall–Kier alpha value is -1.60. The van der Waals surface area contributed by atoms with E-state index in [0.717, 1.165) is 4.31 Å². The maximum atomic E-state index is 12.9. The van der Waals surface area contributed by atoms with Crippen molar-refractivity contribution >= 4 is 21.6 Å². The largest absolute Gasteiger partial charge is 0.392 e. The number of amides is 1. The molecule has 1 rings (SSSR count). The predicted octanol–water partition coefficient (Wildman–Crippen LogP) is 0.136. The number of nitrogens with one attached hydrogen (secondary N) is 1. The first-order valence-electron chi connectivity index (χ1n) is 9.93. The normalized spacial score (nSPS) is 15.2. The predicted molar refractivity (Wildman–Crippen MR) is 116 cm³/mol. The van der Waals surface area contributed by atoms with E-state index in [-0.39, 0.29) is 24.5 Å². The fraction of sp³-hybridized carbons (Fsp3) is 0.650. The molecule has 1 aromatic rings. The number of anilines is 1. The van der Waals surface area contributed by atoms with E-state index in [0.29, 0.717) is 5.69 Å². The van der Waals surface area contributed by atoms with E-state index in [1.54, 1.807) is 0 Å². The third kappa shape index (κ3) is 8.45. The second-order valence-electron chi connectivity index (χ2n) is 8.67. The van der Waals surface area contributed by atoms with Crippen LogP contribution < -0.4 is 5.32 Å². The lowest BCUT2D eigenvalue weighted by Gasteiger charge is -2.41. The zero-order chi connectivity index (χ0) is 24.2. The standard InChI is InChI=1S/C20H35N3O7S/c1-14(24)11-22(12-15(2)25)31(29,30)17-9-7-16(8-10-17)21-18(26)13-23(19(3,4)27)20(5,6)28/h7-10,14-15,24-25,27-28H,11-13H2,1-6H3,(H,21,26). The summed E-state index contributed by atoms with van der Waals surface area (Å²) < 4.78 is 26.7. The highest BCUT2D eigenvalue weighted by Crippen LogP contribution is 2.22. The summed E-state index contributed by atoms with van der Waals surface area (Å²) in [6, 6.07) is 5.44. The van der Waals surface area contributed by atoms with Gasteiger partial charge in [-0.3, -0.25) is 4.79 Å². The number of carbonyl (C=O) groups excluding carboxylic acids is 1. The van der Waals surface area contributed by atoms with Crippen molar-refractivity contribution in [1.29, 1.82) is 0 Å². The lowest BCUT2D eigenvalue weighted by atomic mass is 10.1. The second-order valence-corrected chi connectivity index (χ2v) is 10.6. The first-order valence-corrected chi connectivity index (χ1v) is 11.4. The molecule has 0 spiro atoms. The smallest absolute Gasteiger partial charge is 0.243 e. The SMILES string of the molecule is CC(O)CN(CC(C)O)S(=O)(=O)c1ccc(NC(=O)CN(C(C)(C)O)C(C)(C)O)cc1. The molecular formula is C20H35N3O7S. The summed E-state index contributed by atoms with van der Waals surface area (Å²) in [5.74, 6) is -0.510. The Morgan fingerprint density at radius 1 is 0.968 bits per heavy atom. The average Bonchev–Trinajstić information content (AvgIpc) is 2.57. The number of rotatable bonds is 11. The summed E-state index contributed by atoms with van der Waals surface area (Å²) in [7, 11) is -3.97. The molecule has 0 heterocycles. The average molecular weight is 462 g/mol. The highest BCUT2D eigenvalue weighted by molar-refractivity contribution is 7.89. The van der Waals surface area contributed by atoms with Gasteiger partial charge in [0.25, 0.3) is 0 Å². The lowest BCUT2D eigenvalue weighted by Crippen LogP contribution is -2.57. The molecule has 0 aliphatic rings. The number of aliphatic hydroxyl groups excluding tert-OH is 2. The minimum atomic E-state index is -3.97. The van der Waals surface area contributed by atoms with Gasteiger partial charge in [-0.2, -0.15) is 4.31 Å². The van der Waals surface area contributed by atoms with Crippen LogP contribution in [-0.4, -0.2) is 87.2 Å². The summed E-state index contributed by atoms with van der Waals surface area (Å²) in [5, 5.41) is 42.2. The molecule has 178 valence electrons. The minimum Gasteiger partial charge on any atom is -0.392 e. The number of aliphatic hydroxyl groups is 4. The van der Waals surface area contributed by atoms with Crippen LogP contribution in [0.15, 0.2) is 29.2 Å². The molecule has 31 heavy (non-hydrogen) atoms. The Morgan fingerprint density at radius 2 is 1.39 bits per heavy atom. The van der Waals surface area contributed by atoms with Gasteiger partial charge in [0.1, 0.15) is 11.4 Å². The van der Waals surface area contributed by atoms with E-state index in [2.05, 4.69) is 5.32 Å². The molecule has 0 fully saturated rings. The highest BCUT2D eigenvalue weighted by atomic mass is 32.2. The van der Waals surface area contributed by atoms with Gasteiger partial charge < -0.3 is 25.7 Å². The molecule has 2 atom stereocenters. The molecule has 0 aliphatic heterocycles. The summed E-state index contributed by atoms with van der Waals surface area (Å²) in [5.41, 5.74) is -2.58. The first kappa shape index (κ1) is 27.4. The molecule has 2 unspecified atom stereocenters. The van der Waals surface area contributed by atoms with Crippen LogP contribution in [-0.2, 0) is 14.8 Å². The third-order valence-electron chi connectivity index (χ3n) is 4.33. The van der Waals surface area contributed by atoms with Crippen molar-refractivity contribution < 1.29 is 33.6 Å². The van der Waals surface area contributed by atoms with Gasteiger partial charge in [0.15, 0.2) is 0 Å². The van der Waals surface area contributed by atoms with Crippen LogP contribution in [0.2, 0.25) is 0 Å². The molecule has 5 N–H and O–H groups in total. The number of sulfonamides is 1. The number of hydrogen-bond donors (Lipinski definition) is 5. The highest BCUT2D eigenvalue weighted by Gasteiger charge is 2.36. The zero-order valence-electron chi connectivity index (χ0n) is 18.9. The van der Waals surface area contributed by atoms with Crippen LogP contribution in [0, 0.1) is 0 Å². The maximum Gasteiger partial charge on any atom is 0.243 e. The van der Waals surface area contributed by atoms with Crippen molar-refractivity contribution in [2.75, 3.05) is 25.0 Å². The monoisotopic (exact) mass is 461 g/mol. The summed E-state index contributed by atoms with van der Waals surface area (Å²) >= 11 is 0. The van der Waals surface area contributed by atoms with Gasteiger partial charge in [0.2, 0.25) is 15.9 Å². The minimum absolute atomic E-state index is 0.0543. The number of carbonyl (C=O) groups is 1. The van der Waals surface area contributed by atoms with E-state index in [9.17, 15) is 33.6 Å². The number of benzene rings is 1. The molecule has 10 nitrogen and oxygen atoms in total. The quantitative estimate of drug-likeness (QED) is 0.292. The van der Waals surface area contributed by atoms with E-state index in [4.69, 9.17) is 0 Å². The molecule has 11 heteroatoms. The molecule has 0 saturated heterocycles. The Balaban J connectivity index is 2.99. The van der Waals surface area contributed by atoms with Crippen LogP contribution in [0.1, 0.15) is 41.5 Å². The Bertz CT molecular complexity index is 802. The fourth-order valence-corrected chi connectivity index (χ4v) is 4.72. The van der Waals surface area contributed by atoms with Crippen molar-refractivity contribution in [1.82, 2.24) is 9.21 Å². The topological polar surface area (TPSA) is 151 Å². The molecule has 1 aromatic carbocycles. The van der Waals surface area contributed by atoms with Crippen LogP contribution in [0.3, 0.4) is 0 Å². The van der Waals surface area contributed by atoms with Crippen LogP contribution in [0.25, 0.3) is 0 Å². The molecule has 0 aliphatic carbocycles. The van der Waals surface area contributed by atoms with Crippen LogP contribution in [0.5, 0.6) is 0 Å². The molecule has 0 aromatic heterocycles. The Labute approximate surface area is 184 Å². The van der Waals surface area contributed by atoms with E-state index >= 15 is 0 Å². The Morgan fingerprint density at radius 3 is 1.74 bits per heavy atom. The zero-order valence-corrected chi connectivity index (χ0v) is 19.7. The van der Waals surface area contributed by atoms with Gasteiger partial charge in [-0.15, -0.1) is 0 Å². The van der Waals surface area contributed by atoms with Gasteiger partial charge in [-0.05, 0) is 65.8 Å². The van der Waals surface area contributed by atoms with E-state index in [1.165, 1.54) is 70.7 Å². The van der Waals surface area contributed by atoms with E-state index < -0.39 is 39.6 Å². The van der Waals surface area contributed by atoms with Crippen molar-refractivity contribution in [3.63, 3.8) is 0 Å². The first-order chi connectivity index (χ1) is 13.9. The summed E-state index contributed by atoms with van der Waals surface area (Å²) in [6.07, 6.45) is -1.83. The van der Waals surface area contributed by atoms with Gasteiger partial charge >= 0.3 is 0 Å². The summed E-state index contributed by atoms with van der Waals surface area (Å²) in [6.45, 7) is 8.05. The maximum absolute atomic E-state index is 12.9. The summed E-state index contributed by atoms with van der Waals surface area (Å²) in [4.78, 5) is 13.5.